The number of nitrogens with one attached hydrogen (secondary N) is 1. The fourth-order valence-corrected chi connectivity index (χ4v) is 1.78. The van der Waals surface area contributed by atoms with Gasteiger partial charge in [0.15, 0.2) is 0 Å². The average molecular weight is 285 g/mol. The van der Waals surface area contributed by atoms with Gasteiger partial charge < -0.3 is 0 Å². The van der Waals surface area contributed by atoms with E-state index in [4.69, 9.17) is 5.73 Å². The van der Waals surface area contributed by atoms with Gasteiger partial charge in [0.25, 0.3) is 0 Å². The van der Waals surface area contributed by atoms with Crippen LogP contribution in [0.3, 0.4) is 0 Å². The summed E-state index contributed by atoms with van der Waals surface area (Å²) in [6.45, 7) is 0. The van der Waals surface area contributed by atoms with E-state index in [1.807, 2.05) is 4.93 Å². The van der Waals surface area contributed by atoms with E-state index in [1.165, 1.54) is 0 Å². The van der Waals surface area contributed by atoms with Crippen LogP contribution >= 0.6 is 0 Å². The maximum atomic E-state index is 11.0. The van der Waals surface area contributed by atoms with Crippen LogP contribution < -0.4 is 32.3 Å². The molecule has 0 bridgehead atoms. The van der Waals surface area contributed by atoms with Crippen LogP contribution in [0.15, 0.2) is 0 Å². The fraction of sp³-hybridized carbons (Fsp3) is 0.714. The second kappa shape index (κ2) is 6.36. The zero-order valence-corrected chi connectivity index (χ0v) is 9.42. The van der Waals surface area contributed by atoms with E-state index in [1.54, 1.807) is 7.05 Å². The Hall–Kier alpha value is -0.170. The van der Waals surface area contributed by atoms with Gasteiger partial charge >= 0.3 is 82.4 Å². The fourth-order valence-electron chi connectivity index (χ4n) is 0.665. The SMILES string of the molecule is CNC(=O)CCC(N)C(=O)[I-]C. The van der Waals surface area contributed by atoms with Gasteiger partial charge in [-0.1, -0.05) is 0 Å². The third-order valence-electron chi connectivity index (χ3n) is 1.44. The van der Waals surface area contributed by atoms with E-state index in [0.717, 1.165) is 0 Å². The number of amides is 1. The zero-order chi connectivity index (χ0) is 9.56. The monoisotopic (exact) mass is 285 g/mol. The molecule has 1 amide bonds. The number of hydrogen-bond acceptors (Lipinski definition) is 3. The number of carbonyl (C=O) groups excluding carboxylic acids is 2. The molecule has 5 heteroatoms. The van der Waals surface area contributed by atoms with Crippen molar-refractivity contribution in [2.45, 2.75) is 18.9 Å². The van der Waals surface area contributed by atoms with E-state index < -0.39 is 27.2 Å². The first-order chi connectivity index (χ1) is 5.61. The minimum absolute atomic E-state index is 0.0625. The summed E-state index contributed by atoms with van der Waals surface area (Å²) in [7, 11) is 1.57. The molecule has 0 aromatic carbocycles. The van der Waals surface area contributed by atoms with Crippen LogP contribution in [0.1, 0.15) is 12.8 Å². The van der Waals surface area contributed by atoms with Crippen LogP contribution in [-0.4, -0.2) is 27.7 Å². The normalized spacial score (nSPS) is 12.6. The second-order valence-electron chi connectivity index (χ2n) is 2.31. The topological polar surface area (TPSA) is 72.2 Å². The van der Waals surface area contributed by atoms with Crippen LogP contribution in [0.5, 0.6) is 0 Å². The van der Waals surface area contributed by atoms with Gasteiger partial charge in [0.2, 0.25) is 0 Å². The third kappa shape index (κ3) is 4.66. The third-order valence-corrected chi connectivity index (χ3v) is 3.30. The van der Waals surface area contributed by atoms with Crippen LogP contribution in [-0.2, 0) is 9.59 Å². The van der Waals surface area contributed by atoms with Crippen molar-refractivity contribution in [3.63, 3.8) is 0 Å². The Morgan fingerprint density at radius 2 is 2.17 bits per heavy atom. The van der Waals surface area contributed by atoms with E-state index in [9.17, 15) is 9.59 Å². The van der Waals surface area contributed by atoms with E-state index in [0.29, 0.717) is 12.8 Å². The molecule has 0 aliphatic carbocycles. The predicted molar refractivity (Wildman–Crippen MR) is 42.2 cm³/mol. The number of halogens is 1. The van der Waals surface area contributed by atoms with Crippen LogP contribution in [0, 0.1) is 0 Å². The van der Waals surface area contributed by atoms with Gasteiger partial charge in [0, 0.05) is 0 Å². The molecule has 0 spiro atoms. The zero-order valence-electron chi connectivity index (χ0n) is 7.26. The Balaban J connectivity index is 3.63. The van der Waals surface area contributed by atoms with Gasteiger partial charge in [-0.05, 0) is 0 Å². The summed E-state index contributed by atoms with van der Waals surface area (Å²) in [5.41, 5.74) is 5.53. The van der Waals surface area contributed by atoms with E-state index >= 15 is 0 Å². The Morgan fingerprint density at radius 1 is 1.58 bits per heavy atom. The Labute approximate surface area is 82.5 Å². The molecule has 4 nitrogen and oxygen atoms in total. The Kier molecular flexibility index (Phi) is 6.27. The van der Waals surface area contributed by atoms with Crippen molar-refractivity contribution < 1.29 is 30.8 Å². The summed E-state index contributed by atoms with van der Waals surface area (Å²) in [5.74, 6) is -0.0625. The molecular weight excluding hydrogens is 271 g/mol. The van der Waals surface area contributed by atoms with Crippen LogP contribution in [0.25, 0.3) is 0 Å². The summed E-state index contributed by atoms with van der Waals surface area (Å²) in [6.07, 6.45) is 0.805. The van der Waals surface area contributed by atoms with Crippen molar-refractivity contribution in [1.29, 1.82) is 0 Å². The predicted octanol–water partition coefficient (Wildman–Crippen LogP) is -3.91. The van der Waals surface area contributed by atoms with Crippen LogP contribution in [0.4, 0.5) is 0 Å². The molecule has 0 radical (unpaired) electrons. The molecule has 12 heavy (non-hydrogen) atoms. The second-order valence-corrected chi connectivity index (χ2v) is 4.45. The van der Waals surface area contributed by atoms with Crippen molar-refractivity contribution >= 4 is 9.70 Å². The average Bonchev–Trinajstić information content (AvgIpc) is 2.11. The summed E-state index contributed by atoms with van der Waals surface area (Å²) in [5, 5.41) is 2.48. The molecule has 0 aliphatic heterocycles. The van der Waals surface area contributed by atoms with Crippen molar-refractivity contribution in [3.05, 3.63) is 0 Å². The molecule has 0 aliphatic rings. The molecule has 72 valence electrons. The van der Waals surface area contributed by atoms with Gasteiger partial charge in [0.1, 0.15) is 0 Å². The molecule has 0 fully saturated rings. The number of hydrogen-bond donors (Lipinski definition) is 2. The molecule has 0 saturated carbocycles. The molecule has 3 N–H and O–H groups in total. The number of rotatable bonds is 5. The van der Waals surface area contributed by atoms with E-state index in [-0.39, 0.29) is 9.70 Å². The van der Waals surface area contributed by atoms with Crippen molar-refractivity contribution in [1.82, 2.24) is 5.32 Å². The summed E-state index contributed by atoms with van der Waals surface area (Å²) in [6, 6.07) is -0.430. The van der Waals surface area contributed by atoms with E-state index in [2.05, 4.69) is 5.32 Å². The summed E-state index contributed by atoms with van der Waals surface area (Å²) in [4.78, 5) is 23.6. The van der Waals surface area contributed by atoms with Gasteiger partial charge in [-0.15, -0.1) is 0 Å². The quantitative estimate of drug-likeness (QED) is 0.308. The van der Waals surface area contributed by atoms with Gasteiger partial charge in [-0.25, -0.2) is 0 Å². The first kappa shape index (κ1) is 11.8. The maximum absolute atomic E-state index is 11.0. The number of carbonyl (C=O) groups is 2. The summed E-state index contributed by atoms with van der Waals surface area (Å²) >= 11 is -0.428. The summed E-state index contributed by atoms with van der Waals surface area (Å²) < 4.78 is 0.123. The molecule has 0 heterocycles. The van der Waals surface area contributed by atoms with Gasteiger partial charge in [-0.2, -0.15) is 0 Å². The molecule has 1 unspecified atom stereocenters. The number of alkyl halides is 1. The first-order valence-corrected chi connectivity index (χ1v) is 6.85. The first-order valence-electron chi connectivity index (χ1n) is 3.61. The molecule has 0 rings (SSSR count). The molecule has 0 aromatic rings. The van der Waals surface area contributed by atoms with Crippen LogP contribution in [0.2, 0.25) is 0 Å². The van der Waals surface area contributed by atoms with Crippen molar-refractivity contribution in [2.75, 3.05) is 12.0 Å². The Bertz CT molecular complexity index is 173. The van der Waals surface area contributed by atoms with Gasteiger partial charge in [-0.3, -0.25) is 0 Å². The van der Waals surface area contributed by atoms with Crippen molar-refractivity contribution in [2.24, 2.45) is 5.73 Å². The molecular formula is C7H14IN2O2-. The van der Waals surface area contributed by atoms with Crippen molar-refractivity contribution in [3.8, 4) is 0 Å². The molecule has 0 aromatic heterocycles. The number of nitrogens with two attached hydrogens (primary N) is 1. The standard InChI is InChI=1S/C7H14IN2O2/c1-8-7(12)5(9)3-4-6(11)10-2/h5H,3-4,9H2,1-2H3,(H,10,11)/q-1. The minimum atomic E-state index is -0.430. The van der Waals surface area contributed by atoms with Gasteiger partial charge in [0.05, 0.1) is 0 Å². The molecule has 0 saturated heterocycles. The Morgan fingerprint density at radius 3 is 2.58 bits per heavy atom. The molecule has 1 atom stereocenters.